The predicted octanol–water partition coefficient (Wildman–Crippen LogP) is 2.74. The summed E-state index contributed by atoms with van der Waals surface area (Å²) in [5, 5.41) is 21.0. The summed E-state index contributed by atoms with van der Waals surface area (Å²) >= 11 is 0. The number of hydrogen-bond donors (Lipinski definition) is 3. The number of para-hydroxylation sites is 1. The number of benzene rings is 2. The van der Waals surface area contributed by atoms with E-state index in [9.17, 15) is 14.7 Å². The van der Waals surface area contributed by atoms with Gasteiger partial charge in [-0.25, -0.2) is 4.79 Å². The van der Waals surface area contributed by atoms with E-state index in [0.29, 0.717) is 5.56 Å². The van der Waals surface area contributed by atoms with Crippen LogP contribution in [0.4, 0.5) is 5.69 Å². The Labute approximate surface area is 121 Å². The molecule has 2 rings (SSSR count). The van der Waals surface area contributed by atoms with E-state index < -0.39 is 11.9 Å². The van der Waals surface area contributed by atoms with Crippen LogP contribution in [0.15, 0.2) is 55.1 Å². The fourth-order valence-electron chi connectivity index (χ4n) is 1.80. The molecule has 106 valence electrons. The average molecular weight is 283 g/mol. The quantitative estimate of drug-likeness (QED) is 0.753. The van der Waals surface area contributed by atoms with Crippen molar-refractivity contribution in [3.05, 3.63) is 66.2 Å². The molecule has 0 aliphatic carbocycles. The Bertz CT molecular complexity index is 722. The monoisotopic (exact) mass is 283 g/mol. The van der Waals surface area contributed by atoms with Crippen LogP contribution in [0.5, 0.6) is 5.75 Å². The summed E-state index contributed by atoms with van der Waals surface area (Å²) in [6.07, 6.45) is 0. The highest BCUT2D eigenvalue weighted by molar-refractivity contribution is 6.25. The highest BCUT2D eigenvalue weighted by Crippen LogP contribution is 2.21. The lowest BCUT2D eigenvalue weighted by molar-refractivity contribution is -0.111. The lowest BCUT2D eigenvalue weighted by Gasteiger charge is -2.10. The Morgan fingerprint density at radius 1 is 1.05 bits per heavy atom. The van der Waals surface area contributed by atoms with Crippen LogP contribution in [-0.2, 0) is 4.79 Å². The minimum atomic E-state index is -1.13. The van der Waals surface area contributed by atoms with Crippen molar-refractivity contribution < 1.29 is 19.8 Å². The third-order valence-electron chi connectivity index (χ3n) is 2.87. The van der Waals surface area contributed by atoms with Gasteiger partial charge in [-0.1, -0.05) is 30.8 Å². The molecule has 0 saturated heterocycles. The Morgan fingerprint density at radius 3 is 2.43 bits per heavy atom. The molecule has 0 saturated carbocycles. The van der Waals surface area contributed by atoms with E-state index in [-0.39, 0.29) is 22.6 Å². The summed E-state index contributed by atoms with van der Waals surface area (Å²) in [5.74, 6) is -1.64. The largest absolute Gasteiger partial charge is 0.508 e. The molecule has 3 N–H and O–H groups in total. The Balaban J connectivity index is 2.23. The molecule has 0 unspecified atom stereocenters. The van der Waals surface area contributed by atoms with Crippen LogP contribution in [0.3, 0.4) is 0 Å². The molecule has 5 nitrogen and oxygen atoms in total. The number of phenolic OH excluding ortho intramolecular Hbond substituents is 1. The van der Waals surface area contributed by atoms with Gasteiger partial charge < -0.3 is 15.5 Å². The highest BCUT2D eigenvalue weighted by Gasteiger charge is 2.14. The fraction of sp³-hybridized carbons (Fsp3) is 0. The molecule has 5 heteroatoms. The van der Waals surface area contributed by atoms with E-state index in [0.717, 1.165) is 0 Å². The number of carbonyl (C=O) groups is 2. The maximum Gasteiger partial charge on any atom is 0.337 e. The van der Waals surface area contributed by atoms with Crippen LogP contribution < -0.4 is 5.32 Å². The molecular weight excluding hydrogens is 270 g/mol. The smallest absolute Gasteiger partial charge is 0.337 e. The zero-order valence-electron chi connectivity index (χ0n) is 11.0. The number of phenols is 1. The van der Waals surface area contributed by atoms with Crippen molar-refractivity contribution in [1.82, 2.24) is 0 Å². The van der Waals surface area contributed by atoms with Crippen LogP contribution in [-0.4, -0.2) is 22.1 Å². The molecule has 0 bridgehead atoms. The third-order valence-corrected chi connectivity index (χ3v) is 2.87. The number of carbonyl (C=O) groups excluding carboxylic acids is 1. The minimum Gasteiger partial charge on any atom is -0.508 e. The van der Waals surface area contributed by atoms with Crippen LogP contribution >= 0.6 is 0 Å². The van der Waals surface area contributed by atoms with E-state index >= 15 is 0 Å². The molecule has 0 aliphatic rings. The maximum absolute atomic E-state index is 12.1. The molecule has 0 radical (unpaired) electrons. The number of amides is 1. The standard InChI is InChI=1S/C16H13NO4/c1-10(11-5-4-6-12(18)9-11)15(19)17-14-8-3-2-7-13(14)16(20)21/h2-9,18H,1H2,(H,17,19)(H,20,21). The predicted molar refractivity (Wildman–Crippen MR) is 79.2 cm³/mol. The molecule has 0 aliphatic heterocycles. The normalized spacial score (nSPS) is 9.90. The lowest BCUT2D eigenvalue weighted by Crippen LogP contribution is -2.15. The zero-order valence-corrected chi connectivity index (χ0v) is 11.0. The van der Waals surface area contributed by atoms with Crippen molar-refractivity contribution in [1.29, 1.82) is 0 Å². The zero-order chi connectivity index (χ0) is 15.4. The van der Waals surface area contributed by atoms with Crippen molar-refractivity contribution in [2.24, 2.45) is 0 Å². The number of aromatic carboxylic acids is 1. The topological polar surface area (TPSA) is 86.6 Å². The first-order valence-electron chi connectivity index (χ1n) is 6.11. The number of anilines is 1. The Hall–Kier alpha value is -3.08. The lowest BCUT2D eigenvalue weighted by atomic mass is 10.1. The minimum absolute atomic E-state index is 0.00504. The van der Waals surface area contributed by atoms with Gasteiger partial charge in [0.05, 0.1) is 11.3 Å². The van der Waals surface area contributed by atoms with Gasteiger partial charge in [0.25, 0.3) is 5.91 Å². The van der Waals surface area contributed by atoms with E-state index in [1.54, 1.807) is 24.3 Å². The molecule has 2 aromatic carbocycles. The van der Waals surface area contributed by atoms with E-state index in [1.165, 1.54) is 24.3 Å². The van der Waals surface area contributed by atoms with Crippen LogP contribution in [0, 0.1) is 0 Å². The van der Waals surface area contributed by atoms with Gasteiger partial charge in [0.1, 0.15) is 5.75 Å². The summed E-state index contributed by atoms with van der Waals surface area (Å²) in [4.78, 5) is 23.2. The van der Waals surface area contributed by atoms with Gasteiger partial charge in [0.2, 0.25) is 0 Å². The molecule has 0 aromatic heterocycles. The number of carboxylic acid groups (broad SMARTS) is 1. The molecule has 1 amide bonds. The first-order valence-corrected chi connectivity index (χ1v) is 6.11. The van der Waals surface area contributed by atoms with Crippen molar-refractivity contribution >= 4 is 23.1 Å². The van der Waals surface area contributed by atoms with E-state index in [4.69, 9.17) is 5.11 Å². The second-order valence-electron chi connectivity index (χ2n) is 4.33. The van der Waals surface area contributed by atoms with Crippen molar-refractivity contribution in [3.63, 3.8) is 0 Å². The van der Waals surface area contributed by atoms with Gasteiger partial charge in [-0.05, 0) is 29.8 Å². The van der Waals surface area contributed by atoms with E-state index in [1.807, 2.05) is 0 Å². The summed E-state index contributed by atoms with van der Waals surface area (Å²) in [6.45, 7) is 3.67. The summed E-state index contributed by atoms with van der Waals surface area (Å²) in [6, 6.07) is 12.2. The van der Waals surface area contributed by atoms with Gasteiger partial charge in [-0.15, -0.1) is 0 Å². The maximum atomic E-state index is 12.1. The molecule has 0 heterocycles. The summed E-state index contributed by atoms with van der Waals surface area (Å²) in [7, 11) is 0. The third kappa shape index (κ3) is 3.27. The van der Waals surface area contributed by atoms with Gasteiger partial charge in [-0.2, -0.15) is 0 Å². The molecule has 0 fully saturated rings. The molecule has 0 atom stereocenters. The van der Waals surface area contributed by atoms with Gasteiger partial charge in [0, 0.05) is 5.57 Å². The number of aromatic hydroxyl groups is 1. The second-order valence-corrected chi connectivity index (χ2v) is 4.33. The summed E-state index contributed by atoms with van der Waals surface area (Å²) < 4.78 is 0. The van der Waals surface area contributed by atoms with Gasteiger partial charge in [0.15, 0.2) is 0 Å². The van der Waals surface area contributed by atoms with Crippen molar-refractivity contribution in [2.75, 3.05) is 5.32 Å². The van der Waals surface area contributed by atoms with Crippen LogP contribution in [0.1, 0.15) is 15.9 Å². The van der Waals surface area contributed by atoms with Gasteiger partial charge in [-0.3, -0.25) is 4.79 Å². The SMILES string of the molecule is C=C(C(=O)Nc1ccccc1C(=O)O)c1cccc(O)c1. The molecular formula is C16H13NO4. The van der Waals surface area contributed by atoms with Crippen molar-refractivity contribution in [2.45, 2.75) is 0 Å². The number of rotatable bonds is 4. The Kier molecular flexibility index (Phi) is 4.04. The first-order chi connectivity index (χ1) is 9.99. The Morgan fingerprint density at radius 2 is 1.76 bits per heavy atom. The molecule has 21 heavy (non-hydrogen) atoms. The molecule has 0 spiro atoms. The second kappa shape index (κ2) is 5.92. The summed E-state index contributed by atoms with van der Waals surface area (Å²) in [5.41, 5.74) is 0.775. The highest BCUT2D eigenvalue weighted by atomic mass is 16.4. The first kappa shape index (κ1) is 14.3. The number of carboxylic acids is 1. The number of nitrogens with one attached hydrogen (secondary N) is 1. The van der Waals surface area contributed by atoms with Crippen LogP contribution in [0.25, 0.3) is 5.57 Å². The van der Waals surface area contributed by atoms with Crippen LogP contribution in [0.2, 0.25) is 0 Å². The number of hydrogen-bond acceptors (Lipinski definition) is 3. The van der Waals surface area contributed by atoms with Crippen molar-refractivity contribution in [3.8, 4) is 5.75 Å². The molecule has 2 aromatic rings. The van der Waals surface area contributed by atoms with E-state index in [2.05, 4.69) is 11.9 Å². The average Bonchev–Trinajstić information content (AvgIpc) is 2.46. The van der Waals surface area contributed by atoms with Gasteiger partial charge >= 0.3 is 5.97 Å². The fourth-order valence-corrected chi connectivity index (χ4v) is 1.80.